The number of carbonyl (C=O) groups excluding carboxylic acids is 1. The van der Waals surface area contributed by atoms with Crippen LogP contribution in [0.3, 0.4) is 0 Å². The minimum Gasteiger partial charge on any atom is -0.377 e. The lowest BCUT2D eigenvalue weighted by atomic mass is 9.83. The van der Waals surface area contributed by atoms with Crippen LogP contribution in [0.25, 0.3) is 27.8 Å². The Morgan fingerprint density at radius 2 is 1.88 bits per heavy atom. The molecule has 10 nitrogen and oxygen atoms in total. The molecular weight excluding hydrogens is 550 g/mol. The maximum Gasteiger partial charge on any atom is 0.269 e. The van der Waals surface area contributed by atoms with E-state index in [2.05, 4.69) is 75.5 Å². The molecule has 2 N–H and O–H groups in total. The van der Waals surface area contributed by atoms with Crippen molar-refractivity contribution in [3.8, 4) is 11.3 Å². The smallest absolute Gasteiger partial charge is 0.269 e. The molecule has 0 saturated carbocycles. The molecule has 11 heteroatoms. The molecule has 1 aliphatic rings. The second-order valence-corrected chi connectivity index (χ2v) is 12.1. The molecule has 5 aromatic rings. The van der Waals surface area contributed by atoms with Crippen LogP contribution in [0.4, 0.5) is 11.6 Å². The van der Waals surface area contributed by atoms with Gasteiger partial charge in [0, 0.05) is 42.8 Å². The second-order valence-electron chi connectivity index (χ2n) is 11.7. The van der Waals surface area contributed by atoms with Crippen LogP contribution in [0.2, 0.25) is 5.15 Å². The summed E-state index contributed by atoms with van der Waals surface area (Å²) in [5, 5.41) is 16.3. The van der Waals surface area contributed by atoms with E-state index >= 15 is 0 Å². The van der Waals surface area contributed by atoms with Crippen molar-refractivity contribution in [1.29, 1.82) is 0 Å². The Hall–Kier alpha value is -4.31. The van der Waals surface area contributed by atoms with E-state index in [1.165, 1.54) is 0 Å². The molecule has 1 fully saturated rings. The lowest BCUT2D eigenvalue weighted by molar-refractivity contribution is 0.0958. The number of aryl methyl sites for hydroxylation is 1. The van der Waals surface area contributed by atoms with E-state index in [9.17, 15) is 4.79 Å². The lowest BCUT2D eigenvalue weighted by Crippen LogP contribution is -2.38. The van der Waals surface area contributed by atoms with Gasteiger partial charge in [0.1, 0.15) is 17.2 Å². The van der Waals surface area contributed by atoms with E-state index in [1.807, 2.05) is 16.5 Å². The molecule has 1 atom stereocenters. The van der Waals surface area contributed by atoms with Gasteiger partial charge in [0.15, 0.2) is 5.65 Å². The molecule has 4 aromatic heterocycles. The third-order valence-electron chi connectivity index (χ3n) is 8.10. The van der Waals surface area contributed by atoms with Crippen molar-refractivity contribution in [3.05, 3.63) is 70.9 Å². The molecule has 5 heterocycles. The van der Waals surface area contributed by atoms with Crippen molar-refractivity contribution >= 4 is 45.7 Å². The molecule has 0 radical (unpaired) electrons. The van der Waals surface area contributed by atoms with Crippen LogP contribution in [0.1, 0.15) is 61.3 Å². The van der Waals surface area contributed by atoms with Gasteiger partial charge in [0.05, 0.1) is 22.9 Å². The van der Waals surface area contributed by atoms with E-state index in [1.54, 1.807) is 31.7 Å². The molecule has 0 bridgehead atoms. The Kier molecular flexibility index (Phi) is 7.18. The average molecular weight is 584 g/mol. The largest absolute Gasteiger partial charge is 0.377 e. The monoisotopic (exact) mass is 583 g/mol. The molecule has 1 amide bonds. The van der Waals surface area contributed by atoms with Gasteiger partial charge in [0.2, 0.25) is 5.95 Å². The fraction of sp³-hybridized carbons (Fsp3) is 0.355. The zero-order valence-electron chi connectivity index (χ0n) is 24.4. The van der Waals surface area contributed by atoms with Crippen molar-refractivity contribution < 1.29 is 4.79 Å². The number of nitrogens with one attached hydrogen (secondary N) is 2. The van der Waals surface area contributed by atoms with Crippen molar-refractivity contribution in [2.24, 2.45) is 5.41 Å². The number of nitrogens with zero attached hydrogens (tertiary/aromatic N) is 7. The maximum absolute atomic E-state index is 12.0. The Morgan fingerprint density at radius 3 is 2.60 bits per heavy atom. The highest BCUT2D eigenvalue weighted by Gasteiger charge is 2.28. The SMILES string of the molecule is CNC(=O)c1ccc(-c2nc(Cl)ccc2NC(C)c2cc(C)cc3c2nc(N2CCC(C)(C)CC2)n2cnnc32)cn1. The fourth-order valence-corrected chi connectivity index (χ4v) is 5.71. The van der Waals surface area contributed by atoms with Gasteiger partial charge in [-0.2, -0.15) is 0 Å². The number of amides is 1. The number of benzene rings is 1. The Bertz CT molecular complexity index is 1790. The van der Waals surface area contributed by atoms with Gasteiger partial charge in [0.25, 0.3) is 5.91 Å². The number of carbonyl (C=O) groups is 1. The van der Waals surface area contributed by atoms with Crippen LogP contribution in [0.5, 0.6) is 0 Å². The second kappa shape index (κ2) is 10.8. The standard InChI is InChI=1S/C31H34ClN9O/c1-18-14-21(19(2)36-23-8-9-25(32)37-26(23)20-6-7-24(34-16-20)29(42)33-5)27-22(15-18)28-39-35-17-41(28)30(38-27)40-12-10-31(3,4)11-13-40/h6-9,14-17,19,36H,10-13H2,1-5H3,(H,33,42). The molecule has 1 aliphatic heterocycles. The van der Waals surface area contributed by atoms with Gasteiger partial charge in [-0.15, -0.1) is 10.2 Å². The fourth-order valence-electron chi connectivity index (χ4n) is 5.57. The summed E-state index contributed by atoms with van der Waals surface area (Å²) in [6.07, 6.45) is 5.59. The molecular formula is C31H34ClN9O. The van der Waals surface area contributed by atoms with Gasteiger partial charge in [-0.3, -0.25) is 14.2 Å². The number of aromatic nitrogens is 6. The lowest BCUT2D eigenvalue weighted by Gasteiger charge is -2.37. The van der Waals surface area contributed by atoms with Crippen LogP contribution in [0.15, 0.2) is 48.9 Å². The van der Waals surface area contributed by atoms with E-state index < -0.39 is 0 Å². The molecule has 1 saturated heterocycles. The number of pyridine rings is 2. The first-order valence-corrected chi connectivity index (χ1v) is 14.5. The average Bonchev–Trinajstić information content (AvgIpc) is 3.48. The first-order valence-electron chi connectivity index (χ1n) is 14.1. The number of piperidine rings is 1. The maximum atomic E-state index is 12.0. The van der Waals surface area contributed by atoms with Crippen LogP contribution >= 0.6 is 11.6 Å². The predicted molar refractivity (Wildman–Crippen MR) is 166 cm³/mol. The molecule has 1 aromatic carbocycles. The van der Waals surface area contributed by atoms with Crippen molar-refractivity contribution in [3.63, 3.8) is 0 Å². The molecule has 0 aliphatic carbocycles. The van der Waals surface area contributed by atoms with E-state index in [0.717, 1.165) is 70.8 Å². The highest BCUT2D eigenvalue weighted by Crippen LogP contribution is 2.36. The van der Waals surface area contributed by atoms with Crippen LogP contribution in [-0.4, -0.2) is 55.6 Å². The molecule has 0 spiro atoms. The highest BCUT2D eigenvalue weighted by atomic mass is 35.5. The van der Waals surface area contributed by atoms with Gasteiger partial charge in [-0.1, -0.05) is 31.5 Å². The number of hydrogen-bond acceptors (Lipinski definition) is 8. The quantitative estimate of drug-likeness (QED) is 0.239. The van der Waals surface area contributed by atoms with Crippen LogP contribution in [0, 0.1) is 12.3 Å². The van der Waals surface area contributed by atoms with Gasteiger partial charge in [-0.25, -0.2) is 9.97 Å². The van der Waals surface area contributed by atoms with E-state index in [0.29, 0.717) is 22.0 Å². The summed E-state index contributed by atoms with van der Waals surface area (Å²) in [6, 6.07) is 11.3. The molecule has 1 unspecified atom stereocenters. The summed E-state index contributed by atoms with van der Waals surface area (Å²) in [6.45, 7) is 10.7. The summed E-state index contributed by atoms with van der Waals surface area (Å²) < 4.78 is 2.01. The highest BCUT2D eigenvalue weighted by molar-refractivity contribution is 6.29. The van der Waals surface area contributed by atoms with E-state index in [4.69, 9.17) is 16.6 Å². The van der Waals surface area contributed by atoms with Crippen molar-refractivity contribution in [1.82, 2.24) is 34.9 Å². The third-order valence-corrected chi connectivity index (χ3v) is 8.31. The van der Waals surface area contributed by atoms with Crippen LogP contribution < -0.4 is 15.5 Å². The minimum absolute atomic E-state index is 0.141. The summed E-state index contributed by atoms with van der Waals surface area (Å²) in [7, 11) is 1.58. The Labute approximate surface area is 249 Å². The normalized spacial score (nSPS) is 15.6. The molecule has 6 rings (SSSR count). The number of hydrogen-bond donors (Lipinski definition) is 2. The topological polar surface area (TPSA) is 113 Å². The predicted octanol–water partition coefficient (Wildman–Crippen LogP) is 5.86. The van der Waals surface area contributed by atoms with Crippen LogP contribution in [-0.2, 0) is 0 Å². The third kappa shape index (κ3) is 5.22. The van der Waals surface area contributed by atoms with Crippen molar-refractivity contribution in [2.45, 2.75) is 46.6 Å². The zero-order chi connectivity index (χ0) is 29.6. The number of anilines is 2. The number of rotatable bonds is 6. The Balaban J connectivity index is 1.41. The van der Waals surface area contributed by atoms with Gasteiger partial charge >= 0.3 is 0 Å². The van der Waals surface area contributed by atoms with Gasteiger partial charge in [-0.05, 0) is 68.0 Å². The number of halogens is 1. The molecule has 216 valence electrons. The minimum atomic E-state index is -0.249. The Morgan fingerprint density at radius 1 is 1.10 bits per heavy atom. The van der Waals surface area contributed by atoms with E-state index in [-0.39, 0.29) is 11.9 Å². The van der Waals surface area contributed by atoms with Gasteiger partial charge < -0.3 is 15.5 Å². The summed E-state index contributed by atoms with van der Waals surface area (Å²) in [5.41, 5.74) is 6.67. The first-order chi connectivity index (χ1) is 20.1. The summed E-state index contributed by atoms with van der Waals surface area (Å²) >= 11 is 6.32. The summed E-state index contributed by atoms with van der Waals surface area (Å²) in [5.74, 6) is 0.618. The molecule has 42 heavy (non-hydrogen) atoms. The first kappa shape index (κ1) is 27.8. The summed E-state index contributed by atoms with van der Waals surface area (Å²) in [4.78, 5) is 28.5. The van der Waals surface area contributed by atoms with Crippen molar-refractivity contribution in [2.75, 3.05) is 30.4 Å². The number of fused-ring (bicyclic) bond motifs is 3. The zero-order valence-corrected chi connectivity index (χ0v) is 25.2.